The lowest BCUT2D eigenvalue weighted by Gasteiger charge is -2.16. The summed E-state index contributed by atoms with van der Waals surface area (Å²) >= 11 is 0. The summed E-state index contributed by atoms with van der Waals surface area (Å²) in [5.74, 6) is 0.624. The third-order valence-electron chi connectivity index (χ3n) is 3.31. The highest BCUT2D eigenvalue weighted by Gasteiger charge is 2.12. The van der Waals surface area contributed by atoms with Gasteiger partial charge in [0.25, 0.3) is 5.56 Å². The van der Waals surface area contributed by atoms with E-state index in [1.807, 2.05) is 26.0 Å². The number of aromatic nitrogens is 2. The lowest BCUT2D eigenvalue weighted by atomic mass is 10.0. The SMILES string of the molecule is Cc1cc(C)cc(C(O)Cn2c(C)nc(C)cc2=O)c1. The number of aryl methyl sites for hydroxylation is 4. The van der Waals surface area contributed by atoms with Crippen molar-refractivity contribution in [3.8, 4) is 0 Å². The molecule has 0 bridgehead atoms. The van der Waals surface area contributed by atoms with Crippen molar-refractivity contribution in [2.45, 2.75) is 40.3 Å². The van der Waals surface area contributed by atoms with E-state index in [1.165, 1.54) is 10.6 Å². The Kier molecular flexibility index (Phi) is 4.04. The van der Waals surface area contributed by atoms with Crippen LogP contribution in [-0.2, 0) is 6.54 Å². The summed E-state index contributed by atoms with van der Waals surface area (Å²) in [5.41, 5.74) is 3.60. The van der Waals surface area contributed by atoms with Crippen LogP contribution in [0.15, 0.2) is 29.1 Å². The number of rotatable bonds is 3. The highest BCUT2D eigenvalue weighted by Crippen LogP contribution is 2.18. The average Bonchev–Trinajstić information content (AvgIpc) is 2.32. The van der Waals surface area contributed by atoms with Crippen molar-refractivity contribution in [2.24, 2.45) is 0 Å². The molecule has 4 heteroatoms. The molecule has 0 amide bonds. The average molecular weight is 272 g/mol. The van der Waals surface area contributed by atoms with Gasteiger partial charge in [-0.1, -0.05) is 29.3 Å². The van der Waals surface area contributed by atoms with Crippen LogP contribution in [0.5, 0.6) is 0 Å². The maximum atomic E-state index is 12.0. The van der Waals surface area contributed by atoms with Crippen LogP contribution < -0.4 is 5.56 Å². The van der Waals surface area contributed by atoms with E-state index in [-0.39, 0.29) is 12.1 Å². The van der Waals surface area contributed by atoms with Crippen molar-refractivity contribution in [2.75, 3.05) is 0 Å². The Morgan fingerprint density at radius 3 is 2.25 bits per heavy atom. The van der Waals surface area contributed by atoms with Crippen LogP contribution >= 0.6 is 0 Å². The summed E-state index contributed by atoms with van der Waals surface area (Å²) in [6.07, 6.45) is -0.713. The Morgan fingerprint density at radius 1 is 1.10 bits per heavy atom. The molecule has 1 N–H and O–H groups in total. The third-order valence-corrected chi connectivity index (χ3v) is 3.31. The second-order valence-corrected chi connectivity index (χ2v) is 5.33. The fraction of sp³-hybridized carbons (Fsp3) is 0.375. The zero-order valence-electron chi connectivity index (χ0n) is 12.3. The molecule has 1 aromatic heterocycles. The number of benzene rings is 1. The van der Waals surface area contributed by atoms with Crippen molar-refractivity contribution in [1.29, 1.82) is 0 Å². The molecule has 0 aliphatic rings. The minimum Gasteiger partial charge on any atom is -0.387 e. The Labute approximate surface area is 118 Å². The molecule has 0 spiro atoms. The molecular weight excluding hydrogens is 252 g/mol. The monoisotopic (exact) mass is 272 g/mol. The largest absolute Gasteiger partial charge is 0.387 e. The minimum absolute atomic E-state index is 0.126. The maximum absolute atomic E-state index is 12.0. The molecule has 20 heavy (non-hydrogen) atoms. The first kappa shape index (κ1) is 14.5. The Balaban J connectivity index is 2.32. The van der Waals surface area contributed by atoms with Gasteiger partial charge in [-0.3, -0.25) is 9.36 Å². The molecule has 0 aliphatic carbocycles. The first-order chi connectivity index (χ1) is 9.36. The van der Waals surface area contributed by atoms with Gasteiger partial charge in [0.15, 0.2) is 0 Å². The molecule has 0 fully saturated rings. The number of hydrogen-bond donors (Lipinski definition) is 1. The molecule has 1 atom stereocenters. The third kappa shape index (κ3) is 3.14. The van der Waals surface area contributed by atoms with Crippen molar-refractivity contribution in [1.82, 2.24) is 9.55 Å². The van der Waals surface area contributed by atoms with Crippen LogP contribution in [0.3, 0.4) is 0 Å². The molecule has 0 aliphatic heterocycles. The van der Waals surface area contributed by atoms with E-state index in [9.17, 15) is 9.90 Å². The fourth-order valence-corrected chi connectivity index (χ4v) is 2.47. The van der Waals surface area contributed by atoms with Crippen LogP contribution in [-0.4, -0.2) is 14.7 Å². The zero-order chi connectivity index (χ0) is 14.9. The van der Waals surface area contributed by atoms with Gasteiger partial charge in [-0.2, -0.15) is 0 Å². The van der Waals surface area contributed by atoms with Gasteiger partial charge < -0.3 is 5.11 Å². The van der Waals surface area contributed by atoms with E-state index in [1.54, 1.807) is 13.8 Å². The van der Waals surface area contributed by atoms with E-state index in [0.29, 0.717) is 11.5 Å². The van der Waals surface area contributed by atoms with E-state index in [0.717, 1.165) is 16.7 Å². The fourth-order valence-electron chi connectivity index (χ4n) is 2.47. The molecule has 1 unspecified atom stereocenters. The lowest BCUT2D eigenvalue weighted by molar-refractivity contribution is 0.153. The first-order valence-corrected chi connectivity index (χ1v) is 6.68. The summed E-state index contributed by atoms with van der Waals surface area (Å²) in [5, 5.41) is 10.4. The minimum atomic E-state index is -0.713. The summed E-state index contributed by atoms with van der Waals surface area (Å²) in [7, 11) is 0. The molecule has 1 heterocycles. The van der Waals surface area contributed by atoms with Gasteiger partial charge in [-0.05, 0) is 33.3 Å². The van der Waals surface area contributed by atoms with Crippen LogP contribution in [0.2, 0.25) is 0 Å². The first-order valence-electron chi connectivity index (χ1n) is 6.68. The Hall–Kier alpha value is -1.94. The molecule has 0 radical (unpaired) electrons. The van der Waals surface area contributed by atoms with Gasteiger partial charge in [0, 0.05) is 11.8 Å². The Bertz CT molecular complexity index is 669. The van der Waals surface area contributed by atoms with Crippen LogP contribution in [0.25, 0.3) is 0 Å². The maximum Gasteiger partial charge on any atom is 0.253 e. The molecule has 0 saturated heterocycles. The molecule has 4 nitrogen and oxygen atoms in total. The zero-order valence-corrected chi connectivity index (χ0v) is 12.3. The number of aliphatic hydroxyl groups excluding tert-OH is 1. The number of hydrogen-bond acceptors (Lipinski definition) is 3. The van der Waals surface area contributed by atoms with E-state index in [2.05, 4.69) is 11.1 Å². The predicted molar refractivity (Wildman–Crippen MR) is 78.8 cm³/mol. The Morgan fingerprint density at radius 2 is 1.70 bits per heavy atom. The summed E-state index contributed by atoms with van der Waals surface area (Å²) in [4.78, 5) is 16.2. The number of aliphatic hydroxyl groups is 1. The molecule has 106 valence electrons. The van der Waals surface area contributed by atoms with Crippen LogP contribution in [0.4, 0.5) is 0 Å². The molecular formula is C16H20N2O2. The molecule has 2 rings (SSSR count). The molecule has 1 aromatic carbocycles. The standard InChI is InChI=1S/C16H20N2O2/c1-10-5-11(2)7-14(6-10)15(19)9-18-13(4)17-12(3)8-16(18)20/h5-8,15,19H,9H2,1-4H3. The van der Waals surface area contributed by atoms with Gasteiger partial charge in [-0.15, -0.1) is 0 Å². The van der Waals surface area contributed by atoms with Gasteiger partial charge in [0.2, 0.25) is 0 Å². The van der Waals surface area contributed by atoms with E-state index < -0.39 is 6.10 Å². The highest BCUT2D eigenvalue weighted by atomic mass is 16.3. The van der Waals surface area contributed by atoms with Crippen molar-refractivity contribution in [3.63, 3.8) is 0 Å². The quantitative estimate of drug-likeness (QED) is 0.932. The van der Waals surface area contributed by atoms with Gasteiger partial charge in [0.05, 0.1) is 12.6 Å². The summed E-state index contributed by atoms with van der Waals surface area (Å²) in [6, 6.07) is 7.43. The highest BCUT2D eigenvalue weighted by molar-refractivity contribution is 5.29. The molecule has 0 saturated carbocycles. The van der Waals surface area contributed by atoms with Gasteiger partial charge in [-0.25, -0.2) is 4.98 Å². The van der Waals surface area contributed by atoms with E-state index >= 15 is 0 Å². The normalized spacial score (nSPS) is 12.4. The van der Waals surface area contributed by atoms with Gasteiger partial charge >= 0.3 is 0 Å². The van der Waals surface area contributed by atoms with Crippen LogP contribution in [0.1, 0.15) is 34.3 Å². The van der Waals surface area contributed by atoms with E-state index in [4.69, 9.17) is 0 Å². The van der Waals surface area contributed by atoms with Crippen molar-refractivity contribution >= 4 is 0 Å². The molecule has 2 aromatic rings. The van der Waals surface area contributed by atoms with Gasteiger partial charge in [0.1, 0.15) is 5.82 Å². The van der Waals surface area contributed by atoms with Crippen LogP contribution in [0, 0.1) is 27.7 Å². The smallest absolute Gasteiger partial charge is 0.253 e. The lowest BCUT2D eigenvalue weighted by Crippen LogP contribution is -2.26. The van der Waals surface area contributed by atoms with Crippen molar-refractivity contribution in [3.05, 3.63) is 62.8 Å². The number of nitrogens with zero attached hydrogens (tertiary/aromatic N) is 2. The second-order valence-electron chi connectivity index (χ2n) is 5.33. The predicted octanol–water partition coefficient (Wildman–Crippen LogP) is 2.21. The topological polar surface area (TPSA) is 55.1 Å². The van der Waals surface area contributed by atoms with Crippen molar-refractivity contribution < 1.29 is 5.11 Å². The summed E-state index contributed by atoms with van der Waals surface area (Å²) < 4.78 is 1.51. The second kappa shape index (κ2) is 5.59. The summed E-state index contributed by atoms with van der Waals surface area (Å²) in [6.45, 7) is 7.78.